The third-order valence-electron chi connectivity index (χ3n) is 4.79. The van der Waals surface area contributed by atoms with Crippen LogP contribution in [-0.4, -0.2) is 60.5 Å². The van der Waals surface area contributed by atoms with E-state index < -0.39 is 0 Å². The maximum Gasteiger partial charge on any atom is 0.251 e. The molecule has 0 aliphatic carbocycles. The first-order valence-corrected chi connectivity index (χ1v) is 9.44. The highest BCUT2D eigenvalue weighted by Gasteiger charge is 2.20. The zero-order valence-electron chi connectivity index (χ0n) is 16.1. The Bertz CT molecular complexity index is 725. The van der Waals surface area contributed by atoms with Crippen molar-refractivity contribution in [1.82, 2.24) is 20.0 Å². The lowest BCUT2D eigenvalue weighted by atomic mass is 10.1. The first-order chi connectivity index (χ1) is 13.2. The van der Waals surface area contributed by atoms with Gasteiger partial charge in [0.15, 0.2) is 11.5 Å². The van der Waals surface area contributed by atoms with E-state index in [-0.39, 0.29) is 12.0 Å². The van der Waals surface area contributed by atoms with Crippen molar-refractivity contribution in [3.8, 4) is 11.5 Å². The van der Waals surface area contributed by atoms with Gasteiger partial charge in [-0.3, -0.25) is 9.48 Å². The molecule has 1 amide bonds. The molecule has 1 aliphatic rings. The number of carbonyl (C=O) groups excluding carboxylic acids is 1. The van der Waals surface area contributed by atoms with E-state index in [1.165, 1.54) is 0 Å². The van der Waals surface area contributed by atoms with Crippen LogP contribution in [0.25, 0.3) is 0 Å². The topological polar surface area (TPSA) is 68.6 Å². The molecule has 1 aromatic carbocycles. The van der Waals surface area contributed by atoms with E-state index in [1.54, 1.807) is 25.4 Å². The molecule has 1 aliphatic heterocycles. The Morgan fingerprint density at radius 1 is 1.30 bits per heavy atom. The van der Waals surface area contributed by atoms with Gasteiger partial charge in [0.05, 0.1) is 7.11 Å². The van der Waals surface area contributed by atoms with E-state index in [0.717, 1.165) is 38.9 Å². The number of carbonyl (C=O) groups is 1. The van der Waals surface area contributed by atoms with Crippen molar-refractivity contribution in [3.63, 3.8) is 0 Å². The van der Waals surface area contributed by atoms with Gasteiger partial charge in [0.1, 0.15) is 6.10 Å². The van der Waals surface area contributed by atoms with Gasteiger partial charge < -0.3 is 19.7 Å². The number of ether oxygens (including phenoxy) is 2. The monoisotopic (exact) mass is 372 g/mol. The molecule has 1 N–H and O–H groups in total. The van der Waals surface area contributed by atoms with E-state index in [9.17, 15) is 4.79 Å². The molecule has 0 bridgehead atoms. The van der Waals surface area contributed by atoms with Crippen LogP contribution in [0.1, 0.15) is 29.6 Å². The molecule has 0 radical (unpaired) electrons. The van der Waals surface area contributed by atoms with Crippen LogP contribution < -0.4 is 14.8 Å². The van der Waals surface area contributed by atoms with Crippen molar-refractivity contribution in [2.75, 3.05) is 33.8 Å². The van der Waals surface area contributed by atoms with Gasteiger partial charge >= 0.3 is 0 Å². The summed E-state index contributed by atoms with van der Waals surface area (Å²) in [5, 5.41) is 7.08. The molecule has 1 fully saturated rings. The number of amides is 1. The molecule has 1 aromatic heterocycles. The summed E-state index contributed by atoms with van der Waals surface area (Å²) in [6.07, 6.45) is 6.67. The van der Waals surface area contributed by atoms with Crippen molar-refractivity contribution < 1.29 is 14.3 Å². The van der Waals surface area contributed by atoms with Crippen molar-refractivity contribution in [2.24, 2.45) is 0 Å². The van der Waals surface area contributed by atoms with Gasteiger partial charge in [0, 0.05) is 44.1 Å². The zero-order valence-corrected chi connectivity index (χ0v) is 16.1. The fraction of sp³-hybridized carbons (Fsp3) is 0.500. The summed E-state index contributed by atoms with van der Waals surface area (Å²) in [5.74, 6) is 1.18. The van der Waals surface area contributed by atoms with Crippen molar-refractivity contribution in [3.05, 3.63) is 42.2 Å². The number of piperidine rings is 1. The minimum absolute atomic E-state index is 0.111. The highest BCUT2D eigenvalue weighted by atomic mass is 16.5. The Labute approximate surface area is 160 Å². The van der Waals surface area contributed by atoms with E-state index in [4.69, 9.17) is 9.47 Å². The Morgan fingerprint density at radius 3 is 2.81 bits per heavy atom. The molecule has 2 heterocycles. The molecular formula is C20H28N4O3. The smallest absolute Gasteiger partial charge is 0.251 e. The Kier molecular flexibility index (Phi) is 6.70. The Morgan fingerprint density at radius 2 is 2.11 bits per heavy atom. The summed E-state index contributed by atoms with van der Waals surface area (Å²) in [6, 6.07) is 7.25. The summed E-state index contributed by atoms with van der Waals surface area (Å²) in [4.78, 5) is 14.7. The second kappa shape index (κ2) is 9.41. The Hall–Kier alpha value is -2.54. The third-order valence-corrected chi connectivity index (χ3v) is 4.79. The summed E-state index contributed by atoms with van der Waals surface area (Å²) >= 11 is 0. The molecule has 27 heavy (non-hydrogen) atoms. The lowest BCUT2D eigenvalue weighted by molar-refractivity contribution is 0.0951. The molecule has 2 aromatic rings. The van der Waals surface area contributed by atoms with Gasteiger partial charge in [-0.25, -0.2) is 0 Å². The summed E-state index contributed by atoms with van der Waals surface area (Å²) in [7, 11) is 3.72. The summed E-state index contributed by atoms with van der Waals surface area (Å²) in [5.41, 5.74) is 0.571. The molecule has 146 valence electrons. The number of aromatic nitrogens is 2. The maximum absolute atomic E-state index is 12.4. The highest BCUT2D eigenvalue weighted by molar-refractivity contribution is 5.94. The molecule has 0 spiro atoms. The number of methoxy groups -OCH3 is 1. The van der Waals surface area contributed by atoms with Gasteiger partial charge in [-0.15, -0.1) is 0 Å². The number of rotatable bonds is 8. The van der Waals surface area contributed by atoms with Crippen LogP contribution in [-0.2, 0) is 6.54 Å². The summed E-state index contributed by atoms with van der Waals surface area (Å²) in [6.45, 7) is 3.44. The second-order valence-electron chi connectivity index (χ2n) is 6.86. The first-order valence-electron chi connectivity index (χ1n) is 9.44. The standard InChI is InChI=1S/C20H28N4O3/c1-23-13-7-17(8-14-23)27-18-6-5-16(15-19(18)26-2)20(25)21-9-3-11-24-12-4-10-22-24/h4-6,10,12,15,17H,3,7-9,11,13-14H2,1-2H3,(H,21,25). The minimum Gasteiger partial charge on any atom is -0.493 e. The van der Waals surface area contributed by atoms with Crippen LogP contribution in [0.4, 0.5) is 0 Å². The van der Waals surface area contributed by atoms with Crippen LogP contribution in [0.3, 0.4) is 0 Å². The van der Waals surface area contributed by atoms with Crippen LogP contribution in [0.2, 0.25) is 0 Å². The highest BCUT2D eigenvalue weighted by Crippen LogP contribution is 2.30. The maximum atomic E-state index is 12.4. The van der Waals surface area contributed by atoms with Crippen LogP contribution in [0, 0.1) is 0 Å². The minimum atomic E-state index is -0.111. The van der Waals surface area contributed by atoms with Gasteiger partial charge in [0.25, 0.3) is 5.91 Å². The normalized spacial score (nSPS) is 15.5. The van der Waals surface area contributed by atoms with Gasteiger partial charge in [-0.05, 0) is 50.6 Å². The van der Waals surface area contributed by atoms with E-state index in [2.05, 4.69) is 22.4 Å². The molecule has 0 saturated carbocycles. The predicted molar refractivity (Wildman–Crippen MR) is 103 cm³/mol. The number of benzene rings is 1. The molecule has 0 unspecified atom stereocenters. The fourth-order valence-corrected chi connectivity index (χ4v) is 3.17. The van der Waals surface area contributed by atoms with Crippen LogP contribution >= 0.6 is 0 Å². The van der Waals surface area contributed by atoms with Crippen LogP contribution in [0.15, 0.2) is 36.7 Å². The van der Waals surface area contributed by atoms with Crippen molar-refractivity contribution in [2.45, 2.75) is 31.9 Å². The third kappa shape index (κ3) is 5.47. The SMILES string of the molecule is COc1cc(C(=O)NCCCn2cccn2)ccc1OC1CCN(C)CC1. The number of likely N-dealkylation sites (tertiary alicyclic amines) is 1. The Balaban J connectivity index is 1.52. The van der Waals surface area contributed by atoms with Crippen molar-refractivity contribution in [1.29, 1.82) is 0 Å². The van der Waals surface area contributed by atoms with E-state index in [0.29, 0.717) is 23.6 Å². The molecule has 7 heteroatoms. The fourth-order valence-electron chi connectivity index (χ4n) is 3.17. The van der Waals surface area contributed by atoms with Gasteiger partial charge in [-0.2, -0.15) is 5.10 Å². The van der Waals surface area contributed by atoms with Crippen LogP contribution in [0.5, 0.6) is 11.5 Å². The van der Waals surface area contributed by atoms with Crippen molar-refractivity contribution >= 4 is 5.91 Å². The van der Waals surface area contributed by atoms with E-state index in [1.807, 2.05) is 23.0 Å². The molecule has 3 rings (SSSR count). The predicted octanol–water partition coefficient (Wildman–Crippen LogP) is 2.18. The van der Waals surface area contributed by atoms with Gasteiger partial charge in [0.2, 0.25) is 0 Å². The molecule has 1 saturated heterocycles. The largest absolute Gasteiger partial charge is 0.493 e. The molecule has 0 atom stereocenters. The quantitative estimate of drug-likeness (QED) is 0.720. The summed E-state index contributed by atoms with van der Waals surface area (Å²) < 4.78 is 13.4. The average Bonchev–Trinajstić information content (AvgIpc) is 3.20. The number of hydrogen-bond acceptors (Lipinski definition) is 5. The lowest BCUT2D eigenvalue weighted by Gasteiger charge is -2.29. The zero-order chi connectivity index (χ0) is 19.1. The molecular weight excluding hydrogens is 344 g/mol. The molecule has 7 nitrogen and oxygen atoms in total. The average molecular weight is 372 g/mol. The van der Waals surface area contributed by atoms with Gasteiger partial charge in [-0.1, -0.05) is 0 Å². The number of nitrogens with zero attached hydrogens (tertiary/aromatic N) is 3. The second-order valence-corrected chi connectivity index (χ2v) is 6.86. The van der Waals surface area contributed by atoms with E-state index >= 15 is 0 Å². The number of hydrogen-bond donors (Lipinski definition) is 1. The number of aryl methyl sites for hydroxylation is 1. The first kappa shape index (κ1) is 19.2. The lowest BCUT2D eigenvalue weighted by Crippen LogP contribution is -2.35. The number of nitrogens with one attached hydrogen (secondary N) is 1.